The third-order valence-electron chi connectivity index (χ3n) is 3.35. The number of nitrogens with one attached hydrogen (secondary N) is 1. The van der Waals surface area contributed by atoms with E-state index in [0.29, 0.717) is 6.04 Å². The Morgan fingerprint density at radius 2 is 1.95 bits per heavy atom. The third-order valence-corrected chi connectivity index (χ3v) is 5.40. The van der Waals surface area contributed by atoms with Gasteiger partial charge in [0.1, 0.15) is 0 Å². The van der Waals surface area contributed by atoms with Gasteiger partial charge in [0, 0.05) is 15.4 Å². The van der Waals surface area contributed by atoms with E-state index < -0.39 is 0 Å². The Labute approximate surface area is 138 Å². The second-order valence-electron chi connectivity index (χ2n) is 4.75. The summed E-state index contributed by atoms with van der Waals surface area (Å²) in [6.45, 7) is 3.10. The molecule has 0 aliphatic heterocycles. The van der Waals surface area contributed by atoms with Crippen molar-refractivity contribution < 1.29 is 9.47 Å². The molecule has 1 aromatic carbocycles. The lowest BCUT2D eigenvalue weighted by molar-refractivity contribution is 0.354. The number of ether oxygens (including phenoxy) is 2. The molecule has 0 spiro atoms. The van der Waals surface area contributed by atoms with Crippen LogP contribution in [0.5, 0.6) is 11.5 Å². The van der Waals surface area contributed by atoms with Crippen molar-refractivity contribution in [3.05, 3.63) is 44.6 Å². The second-order valence-corrected chi connectivity index (χ2v) is 6.55. The van der Waals surface area contributed by atoms with Crippen molar-refractivity contribution in [2.24, 2.45) is 0 Å². The van der Waals surface area contributed by atoms with E-state index in [1.165, 1.54) is 14.9 Å². The fraction of sp³-hybridized carbons (Fsp3) is 0.375. The number of rotatable bonds is 7. The van der Waals surface area contributed by atoms with Gasteiger partial charge in [-0.05, 0) is 65.0 Å². The van der Waals surface area contributed by atoms with Gasteiger partial charge in [0.2, 0.25) is 0 Å². The predicted molar refractivity (Wildman–Crippen MR) is 91.7 cm³/mol. The molecule has 1 heterocycles. The molecule has 0 amide bonds. The Bertz CT molecular complexity index is 585. The molecule has 21 heavy (non-hydrogen) atoms. The smallest absolute Gasteiger partial charge is 0.160 e. The van der Waals surface area contributed by atoms with Crippen LogP contribution < -0.4 is 14.8 Å². The number of benzene rings is 1. The molecular formula is C16H20BrNO2S. The minimum atomic E-state index is 0.347. The molecule has 2 aromatic rings. The van der Waals surface area contributed by atoms with Crippen LogP contribution >= 0.6 is 27.3 Å². The van der Waals surface area contributed by atoms with Gasteiger partial charge in [-0.25, -0.2) is 0 Å². The van der Waals surface area contributed by atoms with Crippen LogP contribution in [-0.4, -0.2) is 20.8 Å². The highest BCUT2D eigenvalue weighted by Crippen LogP contribution is 2.29. The average molecular weight is 370 g/mol. The van der Waals surface area contributed by atoms with Crippen molar-refractivity contribution in [1.82, 2.24) is 5.32 Å². The molecule has 0 aliphatic carbocycles. The number of methoxy groups -OCH3 is 2. The SMILES string of the molecule is COc1ccc(CCNC(C)c2sccc2Br)cc1OC. The summed E-state index contributed by atoms with van der Waals surface area (Å²) in [7, 11) is 3.32. The summed E-state index contributed by atoms with van der Waals surface area (Å²) in [5, 5.41) is 5.65. The van der Waals surface area contributed by atoms with Crippen LogP contribution in [0.2, 0.25) is 0 Å². The van der Waals surface area contributed by atoms with Gasteiger partial charge >= 0.3 is 0 Å². The molecule has 1 aromatic heterocycles. The molecule has 0 bridgehead atoms. The van der Waals surface area contributed by atoms with Crippen LogP contribution in [0.3, 0.4) is 0 Å². The van der Waals surface area contributed by atoms with Crippen LogP contribution in [0.1, 0.15) is 23.4 Å². The zero-order chi connectivity index (χ0) is 15.2. The van der Waals surface area contributed by atoms with Gasteiger partial charge in [0.15, 0.2) is 11.5 Å². The summed E-state index contributed by atoms with van der Waals surface area (Å²) in [6.07, 6.45) is 0.952. The Morgan fingerprint density at radius 3 is 2.57 bits per heavy atom. The molecule has 0 radical (unpaired) electrons. The summed E-state index contributed by atoms with van der Waals surface area (Å²) in [5.74, 6) is 1.55. The Kier molecular flexibility index (Phi) is 6.08. The monoisotopic (exact) mass is 369 g/mol. The van der Waals surface area contributed by atoms with Gasteiger partial charge in [-0.2, -0.15) is 0 Å². The van der Waals surface area contributed by atoms with Gasteiger partial charge < -0.3 is 14.8 Å². The van der Waals surface area contributed by atoms with Crippen molar-refractivity contribution >= 4 is 27.3 Å². The van der Waals surface area contributed by atoms with Crippen molar-refractivity contribution in [3.8, 4) is 11.5 Å². The minimum Gasteiger partial charge on any atom is -0.493 e. The summed E-state index contributed by atoms with van der Waals surface area (Å²) < 4.78 is 11.8. The molecule has 2 rings (SSSR count). The number of hydrogen-bond donors (Lipinski definition) is 1. The van der Waals surface area contributed by atoms with Gasteiger partial charge in [-0.1, -0.05) is 6.07 Å². The van der Waals surface area contributed by atoms with Gasteiger partial charge in [0.05, 0.1) is 14.2 Å². The van der Waals surface area contributed by atoms with Crippen LogP contribution in [0, 0.1) is 0 Å². The van der Waals surface area contributed by atoms with Gasteiger partial charge in [-0.3, -0.25) is 0 Å². The highest BCUT2D eigenvalue weighted by molar-refractivity contribution is 9.10. The summed E-state index contributed by atoms with van der Waals surface area (Å²) >= 11 is 5.35. The van der Waals surface area contributed by atoms with Gasteiger partial charge in [-0.15, -0.1) is 11.3 Å². The van der Waals surface area contributed by atoms with E-state index in [9.17, 15) is 0 Å². The first-order valence-corrected chi connectivity index (χ1v) is 8.50. The van der Waals surface area contributed by atoms with E-state index in [0.717, 1.165) is 24.5 Å². The topological polar surface area (TPSA) is 30.5 Å². The maximum absolute atomic E-state index is 5.33. The molecule has 0 saturated heterocycles. The van der Waals surface area contributed by atoms with E-state index in [4.69, 9.17) is 9.47 Å². The highest BCUT2D eigenvalue weighted by Gasteiger charge is 2.10. The zero-order valence-electron chi connectivity index (χ0n) is 12.5. The number of hydrogen-bond acceptors (Lipinski definition) is 4. The van der Waals surface area contributed by atoms with E-state index in [2.05, 4.69) is 45.7 Å². The highest BCUT2D eigenvalue weighted by atomic mass is 79.9. The molecular weight excluding hydrogens is 350 g/mol. The molecule has 1 N–H and O–H groups in total. The number of halogens is 1. The Balaban J connectivity index is 1.90. The first kappa shape index (κ1) is 16.3. The zero-order valence-corrected chi connectivity index (χ0v) is 14.9. The van der Waals surface area contributed by atoms with Crippen LogP contribution in [0.15, 0.2) is 34.1 Å². The maximum atomic E-state index is 5.33. The van der Waals surface area contributed by atoms with Crippen LogP contribution in [-0.2, 0) is 6.42 Å². The molecule has 0 fully saturated rings. The van der Waals surface area contributed by atoms with Crippen LogP contribution in [0.4, 0.5) is 0 Å². The van der Waals surface area contributed by atoms with E-state index in [1.54, 1.807) is 25.6 Å². The predicted octanol–water partition coefficient (Wildman–Crippen LogP) is 4.42. The lowest BCUT2D eigenvalue weighted by atomic mass is 10.1. The normalized spacial score (nSPS) is 12.2. The van der Waals surface area contributed by atoms with E-state index >= 15 is 0 Å². The molecule has 5 heteroatoms. The molecule has 3 nitrogen and oxygen atoms in total. The number of thiophene rings is 1. The second kappa shape index (κ2) is 7.82. The van der Waals surface area contributed by atoms with Crippen molar-refractivity contribution in [2.75, 3.05) is 20.8 Å². The lowest BCUT2D eigenvalue weighted by Gasteiger charge is -2.14. The molecule has 114 valence electrons. The van der Waals surface area contributed by atoms with Crippen molar-refractivity contribution in [1.29, 1.82) is 0 Å². The largest absolute Gasteiger partial charge is 0.493 e. The fourth-order valence-electron chi connectivity index (χ4n) is 2.18. The Hall–Kier alpha value is -1.04. The third kappa shape index (κ3) is 4.22. The molecule has 0 aliphatic rings. The molecule has 0 saturated carbocycles. The summed E-state index contributed by atoms with van der Waals surface area (Å²) in [6, 6.07) is 8.50. The Morgan fingerprint density at radius 1 is 1.19 bits per heavy atom. The molecule has 1 unspecified atom stereocenters. The first-order chi connectivity index (χ1) is 10.2. The lowest BCUT2D eigenvalue weighted by Crippen LogP contribution is -2.20. The average Bonchev–Trinajstić information content (AvgIpc) is 2.93. The minimum absolute atomic E-state index is 0.347. The molecule has 1 atom stereocenters. The van der Waals surface area contributed by atoms with E-state index in [-0.39, 0.29) is 0 Å². The fourth-order valence-corrected chi connectivity index (χ4v) is 3.93. The van der Waals surface area contributed by atoms with Crippen LogP contribution in [0.25, 0.3) is 0 Å². The van der Waals surface area contributed by atoms with Gasteiger partial charge in [0.25, 0.3) is 0 Å². The van der Waals surface area contributed by atoms with E-state index in [1.807, 2.05) is 12.1 Å². The maximum Gasteiger partial charge on any atom is 0.160 e. The first-order valence-electron chi connectivity index (χ1n) is 6.83. The quantitative estimate of drug-likeness (QED) is 0.783. The van der Waals surface area contributed by atoms with Crippen molar-refractivity contribution in [2.45, 2.75) is 19.4 Å². The summed E-state index contributed by atoms with van der Waals surface area (Å²) in [5.41, 5.74) is 1.23. The standard InChI is InChI=1S/C16H20BrNO2S/c1-11(16-13(17)7-9-21-16)18-8-6-12-4-5-14(19-2)15(10-12)20-3/h4-5,7,9-11,18H,6,8H2,1-3H3. The van der Waals surface area contributed by atoms with Crippen molar-refractivity contribution in [3.63, 3.8) is 0 Å². The summed E-state index contributed by atoms with van der Waals surface area (Å²) in [4.78, 5) is 1.34.